The van der Waals surface area contributed by atoms with Crippen molar-refractivity contribution in [3.8, 4) is 0 Å². The topological polar surface area (TPSA) is 95.7 Å². The van der Waals surface area contributed by atoms with Crippen molar-refractivity contribution in [2.24, 2.45) is 5.73 Å². The number of benzene rings is 2. The molecule has 0 aliphatic carbocycles. The Hall–Kier alpha value is -3.29. The molecular weight excluding hydrogens is 416 g/mol. The summed E-state index contributed by atoms with van der Waals surface area (Å²) in [5.41, 5.74) is 8.54. The molecule has 1 heterocycles. The highest BCUT2D eigenvalue weighted by atomic mass is 16.2. The van der Waals surface area contributed by atoms with Gasteiger partial charge in [0.1, 0.15) is 0 Å². The normalized spacial score (nSPS) is 15.9. The summed E-state index contributed by atoms with van der Waals surface area (Å²) in [6.45, 7) is 7.03. The zero-order chi connectivity index (χ0) is 23.8. The minimum atomic E-state index is -1.05. The summed E-state index contributed by atoms with van der Waals surface area (Å²) >= 11 is 0. The zero-order valence-corrected chi connectivity index (χ0v) is 19.3. The van der Waals surface area contributed by atoms with Crippen LogP contribution in [-0.4, -0.2) is 66.7 Å². The number of hydrogen-bond acceptors (Lipinski definition) is 5. The first kappa shape index (κ1) is 24.4. The van der Waals surface area contributed by atoms with E-state index in [-0.39, 0.29) is 6.42 Å². The van der Waals surface area contributed by atoms with Gasteiger partial charge in [-0.2, -0.15) is 0 Å². The highest BCUT2D eigenvalue weighted by Gasteiger charge is 2.24. The first-order valence-corrected chi connectivity index (χ1v) is 11.3. The summed E-state index contributed by atoms with van der Waals surface area (Å²) in [4.78, 5) is 40.7. The van der Waals surface area contributed by atoms with E-state index < -0.39 is 23.6 Å². The molecule has 1 unspecified atom stereocenters. The van der Waals surface area contributed by atoms with E-state index in [0.717, 1.165) is 43.9 Å². The first-order valence-electron chi connectivity index (χ1n) is 11.3. The predicted octanol–water partition coefficient (Wildman–Crippen LogP) is 2.17. The fraction of sp³-hybridized carbons (Fsp3) is 0.346. The fourth-order valence-electron chi connectivity index (χ4n) is 3.79. The number of primary amides is 1. The number of carbonyl (C=O) groups is 3. The summed E-state index contributed by atoms with van der Waals surface area (Å²) < 4.78 is 0. The van der Waals surface area contributed by atoms with Crippen molar-refractivity contribution in [2.75, 3.05) is 33.2 Å². The first-order chi connectivity index (χ1) is 15.9. The van der Waals surface area contributed by atoms with E-state index in [1.54, 1.807) is 19.1 Å². The standard InChI is InChI=1S/C26H32N4O3/c1-3-23(24(31)25(27)32)28-26(33)22-7-5-4-6-21(22)13-12-19-8-10-20(11-9-19)18-30-16-14-29(2)15-17-30/h4-13,23H,3,14-18H2,1-2H3,(H2,27,32)(H,28,33)/b13-12+. The molecule has 0 radical (unpaired) electrons. The Morgan fingerprint density at radius 1 is 1.00 bits per heavy atom. The van der Waals surface area contributed by atoms with Crippen LogP contribution in [0.3, 0.4) is 0 Å². The van der Waals surface area contributed by atoms with Crippen LogP contribution in [0.25, 0.3) is 12.2 Å². The van der Waals surface area contributed by atoms with Crippen molar-refractivity contribution in [3.63, 3.8) is 0 Å². The van der Waals surface area contributed by atoms with E-state index in [1.165, 1.54) is 5.56 Å². The number of nitrogens with zero attached hydrogens (tertiary/aromatic N) is 2. The van der Waals surface area contributed by atoms with Gasteiger partial charge in [0, 0.05) is 38.3 Å². The van der Waals surface area contributed by atoms with E-state index in [4.69, 9.17) is 5.73 Å². The summed E-state index contributed by atoms with van der Waals surface area (Å²) in [6.07, 6.45) is 4.12. The van der Waals surface area contributed by atoms with Crippen LogP contribution in [0.2, 0.25) is 0 Å². The molecule has 174 valence electrons. The summed E-state index contributed by atoms with van der Waals surface area (Å²) in [5, 5.41) is 2.62. The van der Waals surface area contributed by atoms with Gasteiger partial charge in [-0.3, -0.25) is 19.3 Å². The third-order valence-electron chi connectivity index (χ3n) is 5.92. The monoisotopic (exact) mass is 448 g/mol. The lowest BCUT2D eigenvalue weighted by atomic mass is 10.0. The van der Waals surface area contributed by atoms with Crippen molar-refractivity contribution >= 4 is 29.7 Å². The van der Waals surface area contributed by atoms with Crippen LogP contribution in [0.15, 0.2) is 48.5 Å². The fourth-order valence-corrected chi connectivity index (χ4v) is 3.79. The van der Waals surface area contributed by atoms with Gasteiger partial charge in [-0.25, -0.2) is 0 Å². The van der Waals surface area contributed by atoms with Crippen LogP contribution >= 0.6 is 0 Å². The van der Waals surface area contributed by atoms with E-state index in [0.29, 0.717) is 5.56 Å². The average molecular weight is 449 g/mol. The third-order valence-corrected chi connectivity index (χ3v) is 5.92. The second-order valence-electron chi connectivity index (χ2n) is 8.40. The molecule has 2 amide bonds. The molecule has 1 aliphatic rings. The number of piperazine rings is 1. The number of nitrogens with two attached hydrogens (primary N) is 1. The number of likely N-dealkylation sites (N-methyl/N-ethyl adjacent to an activating group) is 1. The van der Waals surface area contributed by atoms with Gasteiger partial charge in [-0.1, -0.05) is 61.5 Å². The Morgan fingerprint density at radius 3 is 2.30 bits per heavy atom. The van der Waals surface area contributed by atoms with Gasteiger partial charge in [0.05, 0.1) is 6.04 Å². The number of amides is 2. The minimum absolute atomic E-state index is 0.284. The molecule has 7 heteroatoms. The Labute approximate surface area is 195 Å². The molecular formula is C26H32N4O3. The molecule has 0 spiro atoms. The highest BCUT2D eigenvalue weighted by Crippen LogP contribution is 2.16. The molecule has 3 N–H and O–H groups in total. The van der Waals surface area contributed by atoms with E-state index in [9.17, 15) is 14.4 Å². The van der Waals surface area contributed by atoms with Crippen molar-refractivity contribution in [2.45, 2.75) is 25.9 Å². The van der Waals surface area contributed by atoms with Gasteiger partial charge in [0.15, 0.2) is 0 Å². The molecule has 7 nitrogen and oxygen atoms in total. The van der Waals surface area contributed by atoms with Crippen LogP contribution in [0, 0.1) is 0 Å². The van der Waals surface area contributed by atoms with Gasteiger partial charge in [-0.15, -0.1) is 0 Å². The van der Waals surface area contributed by atoms with E-state index >= 15 is 0 Å². The van der Waals surface area contributed by atoms with Crippen molar-refractivity contribution in [1.82, 2.24) is 15.1 Å². The Kier molecular flexibility index (Phi) is 8.52. The molecule has 1 aliphatic heterocycles. The Bertz CT molecular complexity index is 1010. The molecule has 0 bridgehead atoms. The van der Waals surface area contributed by atoms with E-state index in [1.807, 2.05) is 24.3 Å². The number of carbonyl (C=O) groups excluding carboxylic acids is 3. The largest absolute Gasteiger partial charge is 0.363 e. The van der Waals surface area contributed by atoms with Gasteiger partial charge in [0.2, 0.25) is 5.78 Å². The molecule has 2 aromatic rings. The number of nitrogens with one attached hydrogen (secondary N) is 1. The van der Waals surface area contributed by atoms with Crippen LogP contribution < -0.4 is 11.1 Å². The smallest absolute Gasteiger partial charge is 0.287 e. The Morgan fingerprint density at radius 2 is 1.67 bits per heavy atom. The summed E-state index contributed by atoms with van der Waals surface area (Å²) in [7, 11) is 2.16. The molecule has 0 saturated carbocycles. The SMILES string of the molecule is CCC(NC(=O)c1ccccc1/C=C/c1ccc(CN2CCN(C)CC2)cc1)C(=O)C(N)=O. The second kappa shape index (κ2) is 11.5. The third kappa shape index (κ3) is 6.84. The van der Waals surface area contributed by atoms with Gasteiger partial charge >= 0.3 is 0 Å². The molecule has 1 saturated heterocycles. The van der Waals surface area contributed by atoms with Gasteiger partial charge in [-0.05, 0) is 36.2 Å². The highest BCUT2D eigenvalue weighted by molar-refractivity contribution is 6.38. The molecule has 0 aromatic heterocycles. The lowest BCUT2D eigenvalue weighted by molar-refractivity contribution is -0.137. The maximum absolute atomic E-state index is 12.8. The summed E-state index contributed by atoms with van der Waals surface area (Å²) in [6, 6.07) is 14.6. The van der Waals surface area contributed by atoms with Crippen LogP contribution in [0.4, 0.5) is 0 Å². The average Bonchev–Trinajstić information content (AvgIpc) is 2.83. The predicted molar refractivity (Wildman–Crippen MR) is 130 cm³/mol. The number of rotatable bonds is 9. The lowest BCUT2D eigenvalue weighted by Crippen LogP contribution is -2.45. The molecule has 2 aromatic carbocycles. The molecule has 1 fully saturated rings. The van der Waals surface area contributed by atoms with Crippen LogP contribution in [0.1, 0.15) is 40.4 Å². The minimum Gasteiger partial charge on any atom is -0.363 e. The molecule has 1 atom stereocenters. The maximum Gasteiger partial charge on any atom is 0.287 e. The van der Waals surface area contributed by atoms with Crippen molar-refractivity contribution in [3.05, 3.63) is 70.8 Å². The maximum atomic E-state index is 12.8. The van der Waals surface area contributed by atoms with Crippen molar-refractivity contribution in [1.29, 1.82) is 0 Å². The zero-order valence-electron chi connectivity index (χ0n) is 19.3. The van der Waals surface area contributed by atoms with Crippen molar-refractivity contribution < 1.29 is 14.4 Å². The molecule has 3 rings (SSSR count). The number of Topliss-reactive ketones (excluding diaryl/α,β-unsaturated/α-hetero) is 1. The van der Waals surface area contributed by atoms with Crippen LogP contribution in [0.5, 0.6) is 0 Å². The van der Waals surface area contributed by atoms with Gasteiger partial charge in [0.25, 0.3) is 11.8 Å². The van der Waals surface area contributed by atoms with Gasteiger partial charge < -0.3 is 16.0 Å². The van der Waals surface area contributed by atoms with E-state index in [2.05, 4.69) is 46.4 Å². The quantitative estimate of drug-likeness (QED) is 0.453. The second-order valence-corrected chi connectivity index (χ2v) is 8.40. The summed E-state index contributed by atoms with van der Waals surface area (Å²) in [5.74, 6) is -2.26. The van der Waals surface area contributed by atoms with Crippen LogP contribution in [-0.2, 0) is 16.1 Å². The number of ketones is 1. The lowest BCUT2D eigenvalue weighted by Gasteiger charge is -2.32. The molecule has 33 heavy (non-hydrogen) atoms. The Balaban J connectivity index is 1.66. The number of hydrogen-bond donors (Lipinski definition) is 2.